The first-order valence-corrected chi connectivity index (χ1v) is 50.0. The number of hydrogen-bond donors (Lipinski definition) is 12. The predicted molar refractivity (Wildman–Crippen MR) is 537 cm³/mol. The number of esters is 6. The van der Waals surface area contributed by atoms with Crippen molar-refractivity contribution >= 4 is 279 Å². The molecule has 0 radical (unpaired) electrons. The van der Waals surface area contributed by atoms with Crippen LogP contribution in [0.25, 0.3) is 0 Å². The van der Waals surface area contributed by atoms with E-state index in [1.165, 1.54) is 113 Å². The zero-order chi connectivity index (χ0) is 93.6. The van der Waals surface area contributed by atoms with Crippen LogP contribution >= 0.6 is 211 Å². The van der Waals surface area contributed by atoms with Crippen molar-refractivity contribution in [2.75, 3.05) is 49.4 Å². The largest absolute Gasteiger partial charge is 0.497 e. The number of ether oxygens (including phenoxy) is 12. The number of benzene rings is 8. The molecule has 0 N–H and O–H groups in total. The van der Waals surface area contributed by atoms with E-state index in [4.69, 9.17) is 23.7 Å². The minimum atomic E-state index is -0.272. The molecule has 0 bridgehead atoms. The van der Waals surface area contributed by atoms with Crippen LogP contribution < -0.4 is 0 Å². The summed E-state index contributed by atoms with van der Waals surface area (Å²) in [5.74, 6) is 1.17. The second-order valence-corrected chi connectivity index (χ2v) is 32.5. The van der Waals surface area contributed by atoms with Gasteiger partial charge in [-0.15, -0.1) is 120 Å². The molecular formula is C83H102O23S18. The van der Waals surface area contributed by atoms with Crippen molar-refractivity contribution < 1.29 is 110 Å². The highest BCUT2D eigenvalue weighted by molar-refractivity contribution is 8.69. The van der Waals surface area contributed by atoms with E-state index in [0.717, 1.165) is 95.2 Å². The molecular weight excluding hydrogens is 1940 g/mol. The molecule has 0 aromatic heterocycles. The topological polar surface area (TPSA) is 299 Å². The Hall–Kier alpha value is -6.23. The standard InChI is InChI=1S/2C9H10O2S2.2C9H10O2S.C9H10OS2.C8H8O2S2.2C8H8O2S.C4H8O2S2.C4H8O2S.C3H6O2S2.C3H6O2S/c1-7(10)11-6-8-2-4-9(13-12)5-3-8;1-7(10)11-6-8-4-2-3-5-9(8)13-12;1-7(10)11-6-8-2-4-9(12)5-3-8;1-7(10)11-6-8-4-2-3-5-9(8)12;1-2-10-7-8-3-5-9(12-11)6-4-8;9-6-10-5-7-3-1-2-4-8(7)12-11;9-6-10-5-7-1-3-8(11)4-2-7;9-6-10-5-7-3-1-2-4-8(7)11;1-4(5)6-2-3-8-7;1-4(5)6-2-3-7;4-3-5-1-2-7-6;4-3-5-1-2-6/h2*2-5,12H,6H2,1H3;2*2-5,12H,6H2,1H3;2-6,11H,1,7H2;1-4,6,11H,5H2;2*1-4,6,11H,5H2;7H,2-3H2,1H3;7H,2-3H2,1H3;3,6H,1-2H2;3,6H,1-2H2. The van der Waals surface area contributed by atoms with E-state index in [1.807, 2.05) is 194 Å². The molecule has 0 aliphatic rings. The molecule has 0 saturated heterocycles. The molecule has 0 aliphatic heterocycles. The zero-order valence-electron chi connectivity index (χ0n) is 68.2. The first kappa shape index (κ1) is 124. The molecule has 0 spiro atoms. The Kier molecular flexibility index (Phi) is 90.2. The lowest BCUT2D eigenvalue weighted by molar-refractivity contribution is -0.143. The van der Waals surface area contributed by atoms with Gasteiger partial charge in [-0.2, -0.15) is 25.3 Å². The van der Waals surface area contributed by atoms with Gasteiger partial charge in [-0.3, -0.25) is 52.7 Å². The van der Waals surface area contributed by atoms with Crippen molar-refractivity contribution in [3.63, 3.8) is 0 Å². The van der Waals surface area contributed by atoms with Gasteiger partial charge in [-0.1, -0.05) is 193 Å². The van der Waals surface area contributed by atoms with Crippen LogP contribution in [0, 0.1) is 0 Å². The van der Waals surface area contributed by atoms with Gasteiger partial charge in [0.05, 0.1) is 12.9 Å². The summed E-state index contributed by atoms with van der Waals surface area (Å²) in [6.07, 6.45) is 1.45. The Balaban J connectivity index is -0.000000638. The Morgan fingerprint density at radius 3 is 0.903 bits per heavy atom. The van der Waals surface area contributed by atoms with E-state index in [9.17, 15) is 52.7 Å². The molecule has 23 nitrogen and oxygen atoms in total. The highest BCUT2D eigenvalue weighted by atomic mass is 33.1. The van der Waals surface area contributed by atoms with Gasteiger partial charge < -0.3 is 56.8 Å². The van der Waals surface area contributed by atoms with E-state index in [-0.39, 0.29) is 35.8 Å². The number of carbonyl (C=O) groups excluding carboxylic acids is 11. The van der Waals surface area contributed by atoms with Gasteiger partial charge in [0.2, 0.25) is 0 Å². The SMILES string of the molecule is C=COCc1ccc(SS)cc1.CC(=O)OCCS.CC(=O)OCCSS.CC(=O)OCc1ccc(S)cc1.CC(=O)OCc1ccc(SS)cc1.CC(=O)OCc1ccccc1S.CC(=O)OCc1ccccc1SS.O=COCCS.O=COCCSS.O=COCc1ccc(S)cc1.O=COCc1ccccc1S.O=COCc1ccccc1SS. The van der Waals surface area contributed by atoms with Crippen LogP contribution in [0.3, 0.4) is 0 Å². The zero-order valence-corrected chi connectivity index (χ0v) is 83.8. The fourth-order valence-electron chi connectivity index (χ4n) is 7.08. The molecule has 8 aromatic carbocycles. The summed E-state index contributed by atoms with van der Waals surface area (Å²) in [7, 11) is 8.23. The summed E-state index contributed by atoms with van der Waals surface area (Å²) in [6.45, 7) is 18.5. The average molecular weight is 2040 g/mol. The Labute approximate surface area is 814 Å². The van der Waals surface area contributed by atoms with Gasteiger partial charge >= 0.3 is 35.8 Å². The van der Waals surface area contributed by atoms with Crippen molar-refractivity contribution in [1.29, 1.82) is 0 Å². The lowest BCUT2D eigenvalue weighted by Gasteiger charge is -2.05. The molecule has 0 amide bonds. The summed E-state index contributed by atoms with van der Waals surface area (Å²) in [5, 5.41) is 0. The van der Waals surface area contributed by atoms with Crippen molar-refractivity contribution in [2.45, 2.75) is 134 Å². The molecule has 0 aliphatic carbocycles. The highest BCUT2D eigenvalue weighted by Gasteiger charge is 2.05. The van der Waals surface area contributed by atoms with E-state index < -0.39 is 0 Å². The summed E-state index contributed by atoms with van der Waals surface area (Å²) < 4.78 is 55.7. The number of hydrogen-bond acceptors (Lipinski definition) is 41. The van der Waals surface area contributed by atoms with Crippen molar-refractivity contribution in [3.8, 4) is 0 Å². The van der Waals surface area contributed by atoms with E-state index >= 15 is 0 Å². The second kappa shape index (κ2) is 90.1. The Morgan fingerprint density at radius 2 is 0.581 bits per heavy atom. The predicted octanol–water partition coefficient (Wildman–Crippen LogP) is 20.8. The molecule has 8 rings (SSSR count). The molecule has 41 heteroatoms. The van der Waals surface area contributed by atoms with Gasteiger partial charge in [0, 0.05) is 126 Å². The highest BCUT2D eigenvalue weighted by Crippen LogP contribution is 2.28. The van der Waals surface area contributed by atoms with Gasteiger partial charge in [-0.05, 0) is 95.1 Å². The number of carbonyl (C=O) groups is 11. The average Bonchev–Trinajstić information content (AvgIpc) is 0.918. The van der Waals surface area contributed by atoms with Crippen molar-refractivity contribution in [3.05, 3.63) is 251 Å². The lowest BCUT2D eigenvalue weighted by Crippen LogP contribution is -2.01. The summed E-state index contributed by atoms with van der Waals surface area (Å²) in [5.41, 5.74) is 7.88. The van der Waals surface area contributed by atoms with Crippen LogP contribution in [0.2, 0.25) is 0 Å². The lowest BCUT2D eigenvalue weighted by atomic mass is 10.2. The summed E-state index contributed by atoms with van der Waals surface area (Å²) in [4.78, 5) is 118. The molecule has 124 heavy (non-hydrogen) atoms. The number of rotatable bonds is 36. The molecule has 680 valence electrons. The quantitative estimate of drug-likeness (QED) is 0.00330. The number of thiol groups is 12. The van der Waals surface area contributed by atoms with Gasteiger partial charge in [0.1, 0.15) is 72.7 Å². The fourth-order valence-corrected chi connectivity index (χ4v) is 11.9. The van der Waals surface area contributed by atoms with E-state index in [2.05, 4.69) is 185 Å². The van der Waals surface area contributed by atoms with E-state index in [0.29, 0.717) is 123 Å². The maximum absolute atomic E-state index is 10.6. The molecule has 0 unspecified atom stereocenters. The minimum Gasteiger partial charge on any atom is -0.497 e. The third kappa shape index (κ3) is 80.3. The maximum atomic E-state index is 10.6. The fraction of sp³-hybridized carbons (Fsp3) is 0.265. The van der Waals surface area contributed by atoms with Crippen LogP contribution in [-0.4, -0.2) is 118 Å². The van der Waals surface area contributed by atoms with Gasteiger partial charge in [0.25, 0.3) is 32.4 Å². The summed E-state index contributed by atoms with van der Waals surface area (Å²) >= 11 is 48.2. The van der Waals surface area contributed by atoms with Crippen LogP contribution in [-0.2, 0) is 162 Å². The second-order valence-electron chi connectivity index (χ2n) is 22.0. The normalized spacial score (nSPS) is 9.18. The third-order valence-corrected chi connectivity index (χ3v) is 20.8. The smallest absolute Gasteiger partial charge is 0.302 e. The molecule has 0 saturated carbocycles. The molecule has 0 heterocycles. The Morgan fingerprint density at radius 1 is 0.298 bits per heavy atom. The summed E-state index contributed by atoms with van der Waals surface area (Å²) in [6, 6.07) is 61.1. The van der Waals surface area contributed by atoms with Gasteiger partial charge in [-0.25, -0.2) is 0 Å². The van der Waals surface area contributed by atoms with Crippen LogP contribution in [0.4, 0.5) is 0 Å². The first-order valence-electron chi connectivity index (χ1n) is 35.4. The Bertz CT molecular complexity index is 4130. The van der Waals surface area contributed by atoms with Crippen LogP contribution in [0.5, 0.6) is 0 Å². The maximum Gasteiger partial charge on any atom is 0.302 e. The van der Waals surface area contributed by atoms with Crippen molar-refractivity contribution in [2.24, 2.45) is 0 Å². The first-order chi connectivity index (χ1) is 59.6. The molecule has 8 aromatic rings. The molecule has 0 atom stereocenters. The van der Waals surface area contributed by atoms with Crippen LogP contribution in [0.15, 0.2) is 246 Å². The minimum absolute atomic E-state index is 0.229. The van der Waals surface area contributed by atoms with Gasteiger partial charge in [0.15, 0.2) is 0 Å². The monoisotopic (exact) mass is 2040 g/mol. The van der Waals surface area contributed by atoms with Crippen LogP contribution in [0.1, 0.15) is 86.1 Å². The van der Waals surface area contributed by atoms with Crippen molar-refractivity contribution in [1.82, 2.24) is 0 Å². The molecule has 0 fully saturated rings. The third-order valence-electron chi connectivity index (χ3n) is 12.6. The van der Waals surface area contributed by atoms with E-state index in [1.54, 1.807) is 0 Å².